The summed E-state index contributed by atoms with van der Waals surface area (Å²) in [4.78, 5) is 11.9. The SMILES string of the molecule is N#C/C(=C/Nc1ccc(F)cc1)C(=O)NCc1ccccc1. The molecule has 110 valence electrons. The molecule has 2 N–H and O–H groups in total. The second-order valence-electron chi connectivity index (χ2n) is 4.49. The van der Waals surface area contributed by atoms with Crippen molar-refractivity contribution in [1.82, 2.24) is 5.32 Å². The van der Waals surface area contributed by atoms with E-state index in [0.717, 1.165) is 5.56 Å². The van der Waals surface area contributed by atoms with Crippen LogP contribution in [0.3, 0.4) is 0 Å². The number of carbonyl (C=O) groups is 1. The Morgan fingerprint density at radius 3 is 2.45 bits per heavy atom. The van der Waals surface area contributed by atoms with Crippen LogP contribution in [0.15, 0.2) is 66.4 Å². The molecule has 2 rings (SSSR count). The number of rotatable bonds is 5. The summed E-state index contributed by atoms with van der Waals surface area (Å²) in [6, 6.07) is 16.8. The molecule has 0 aliphatic rings. The van der Waals surface area contributed by atoms with Gasteiger partial charge in [0.05, 0.1) is 0 Å². The minimum Gasteiger partial charge on any atom is -0.360 e. The molecule has 0 bridgehead atoms. The average molecular weight is 295 g/mol. The number of hydrogen-bond donors (Lipinski definition) is 2. The van der Waals surface area contributed by atoms with E-state index in [2.05, 4.69) is 10.6 Å². The van der Waals surface area contributed by atoms with Crippen molar-refractivity contribution in [3.8, 4) is 6.07 Å². The summed E-state index contributed by atoms with van der Waals surface area (Å²) in [5, 5.41) is 14.5. The highest BCUT2D eigenvalue weighted by Gasteiger charge is 2.08. The fourth-order valence-electron chi connectivity index (χ4n) is 1.72. The number of halogens is 1. The van der Waals surface area contributed by atoms with Gasteiger partial charge in [-0.05, 0) is 29.8 Å². The lowest BCUT2D eigenvalue weighted by atomic mass is 10.2. The quantitative estimate of drug-likeness (QED) is 0.658. The Hall–Kier alpha value is -3.13. The molecule has 5 heteroatoms. The number of hydrogen-bond acceptors (Lipinski definition) is 3. The van der Waals surface area contributed by atoms with Crippen LogP contribution in [-0.2, 0) is 11.3 Å². The summed E-state index contributed by atoms with van der Waals surface area (Å²) in [6.07, 6.45) is 1.30. The van der Waals surface area contributed by atoms with Gasteiger partial charge >= 0.3 is 0 Å². The van der Waals surface area contributed by atoms with Gasteiger partial charge in [0.15, 0.2) is 0 Å². The maximum absolute atomic E-state index is 12.8. The molecule has 0 heterocycles. The summed E-state index contributed by atoms with van der Waals surface area (Å²) in [6.45, 7) is 0.343. The molecule has 1 amide bonds. The van der Waals surface area contributed by atoms with E-state index in [0.29, 0.717) is 12.2 Å². The van der Waals surface area contributed by atoms with Crippen LogP contribution >= 0.6 is 0 Å². The van der Waals surface area contributed by atoms with E-state index in [1.54, 1.807) is 0 Å². The summed E-state index contributed by atoms with van der Waals surface area (Å²) in [7, 11) is 0. The van der Waals surface area contributed by atoms with Crippen LogP contribution in [0.1, 0.15) is 5.56 Å². The number of anilines is 1. The van der Waals surface area contributed by atoms with Gasteiger partial charge in [0.2, 0.25) is 0 Å². The minimum absolute atomic E-state index is 0.0553. The van der Waals surface area contributed by atoms with E-state index in [1.807, 2.05) is 36.4 Å². The molecule has 2 aromatic rings. The van der Waals surface area contributed by atoms with Gasteiger partial charge in [0.1, 0.15) is 17.5 Å². The molecule has 0 radical (unpaired) electrons. The van der Waals surface area contributed by atoms with Crippen LogP contribution in [0.25, 0.3) is 0 Å². The Morgan fingerprint density at radius 2 is 1.82 bits per heavy atom. The number of nitrogens with one attached hydrogen (secondary N) is 2. The van der Waals surface area contributed by atoms with Crippen molar-refractivity contribution >= 4 is 11.6 Å². The summed E-state index contributed by atoms with van der Waals surface area (Å²) in [5.41, 5.74) is 1.48. The highest BCUT2D eigenvalue weighted by Crippen LogP contribution is 2.09. The van der Waals surface area contributed by atoms with Crippen LogP contribution in [0, 0.1) is 17.1 Å². The van der Waals surface area contributed by atoms with Crippen LogP contribution in [0.2, 0.25) is 0 Å². The third-order valence-electron chi connectivity index (χ3n) is 2.89. The molecule has 22 heavy (non-hydrogen) atoms. The first kappa shape index (κ1) is 15.3. The lowest BCUT2D eigenvalue weighted by Crippen LogP contribution is -2.24. The van der Waals surface area contributed by atoms with Gasteiger partial charge in [-0.2, -0.15) is 5.26 Å². The third-order valence-corrected chi connectivity index (χ3v) is 2.89. The largest absolute Gasteiger partial charge is 0.360 e. The molecule has 0 aromatic heterocycles. The number of nitriles is 1. The fourth-order valence-corrected chi connectivity index (χ4v) is 1.72. The van der Waals surface area contributed by atoms with E-state index in [4.69, 9.17) is 5.26 Å². The second-order valence-corrected chi connectivity index (χ2v) is 4.49. The highest BCUT2D eigenvalue weighted by atomic mass is 19.1. The Kier molecular flexibility index (Phi) is 5.27. The number of carbonyl (C=O) groups excluding carboxylic acids is 1. The molecular weight excluding hydrogens is 281 g/mol. The maximum Gasteiger partial charge on any atom is 0.263 e. The molecule has 0 spiro atoms. The molecule has 0 atom stereocenters. The maximum atomic E-state index is 12.8. The topological polar surface area (TPSA) is 64.9 Å². The van der Waals surface area contributed by atoms with Crippen LogP contribution in [-0.4, -0.2) is 5.91 Å². The smallest absolute Gasteiger partial charge is 0.263 e. The van der Waals surface area contributed by atoms with Gasteiger partial charge in [-0.3, -0.25) is 4.79 Å². The zero-order valence-electron chi connectivity index (χ0n) is 11.7. The predicted octanol–water partition coefficient (Wildman–Crippen LogP) is 2.96. The highest BCUT2D eigenvalue weighted by molar-refractivity contribution is 5.97. The van der Waals surface area contributed by atoms with Gasteiger partial charge in [-0.25, -0.2) is 4.39 Å². The first-order valence-corrected chi connectivity index (χ1v) is 6.63. The first-order chi connectivity index (χ1) is 10.7. The Labute approximate surface area is 127 Å². The molecule has 4 nitrogen and oxygen atoms in total. The first-order valence-electron chi connectivity index (χ1n) is 6.63. The Balaban J connectivity index is 1.95. The predicted molar refractivity (Wildman–Crippen MR) is 82.0 cm³/mol. The number of nitrogens with zero attached hydrogens (tertiary/aromatic N) is 1. The van der Waals surface area contributed by atoms with E-state index in [1.165, 1.54) is 30.5 Å². The summed E-state index contributed by atoms with van der Waals surface area (Å²) < 4.78 is 12.8. The van der Waals surface area contributed by atoms with Crippen LogP contribution in [0.5, 0.6) is 0 Å². The van der Waals surface area contributed by atoms with Gasteiger partial charge < -0.3 is 10.6 Å². The van der Waals surface area contributed by atoms with Crippen molar-refractivity contribution in [3.63, 3.8) is 0 Å². The van der Waals surface area contributed by atoms with Crippen molar-refractivity contribution in [1.29, 1.82) is 5.26 Å². The third kappa shape index (κ3) is 4.46. The van der Waals surface area contributed by atoms with Gasteiger partial charge in [-0.15, -0.1) is 0 Å². The van der Waals surface area contributed by atoms with E-state index < -0.39 is 5.91 Å². The summed E-state index contributed by atoms with van der Waals surface area (Å²) >= 11 is 0. The average Bonchev–Trinajstić information content (AvgIpc) is 2.56. The lowest BCUT2D eigenvalue weighted by molar-refractivity contribution is -0.117. The molecular formula is C17H14FN3O. The van der Waals surface area contributed by atoms with Crippen LogP contribution < -0.4 is 10.6 Å². The van der Waals surface area contributed by atoms with Crippen molar-refractivity contribution < 1.29 is 9.18 Å². The number of benzene rings is 2. The van der Waals surface area contributed by atoms with E-state index in [9.17, 15) is 9.18 Å². The van der Waals surface area contributed by atoms with Crippen molar-refractivity contribution in [2.75, 3.05) is 5.32 Å². The standard InChI is InChI=1S/C17H14FN3O/c18-15-6-8-16(9-7-15)20-12-14(10-19)17(22)21-11-13-4-2-1-3-5-13/h1-9,12,20H,11H2,(H,21,22)/b14-12-. The number of amides is 1. The van der Waals surface area contributed by atoms with Crippen molar-refractivity contribution in [3.05, 3.63) is 77.8 Å². The molecule has 0 aliphatic carbocycles. The molecule has 0 saturated carbocycles. The zero-order valence-corrected chi connectivity index (χ0v) is 11.7. The molecule has 0 saturated heterocycles. The summed E-state index contributed by atoms with van der Waals surface area (Å²) in [5.74, 6) is -0.823. The molecule has 0 aliphatic heterocycles. The van der Waals surface area contributed by atoms with Crippen LogP contribution in [0.4, 0.5) is 10.1 Å². The molecule has 2 aromatic carbocycles. The molecule has 0 fully saturated rings. The molecule has 0 unspecified atom stereocenters. The van der Waals surface area contributed by atoms with Gasteiger partial charge in [0, 0.05) is 18.4 Å². The Morgan fingerprint density at radius 1 is 1.14 bits per heavy atom. The zero-order chi connectivity index (χ0) is 15.8. The lowest BCUT2D eigenvalue weighted by Gasteiger charge is -2.05. The monoisotopic (exact) mass is 295 g/mol. The fraction of sp³-hybridized carbons (Fsp3) is 0.0588. The normalized spacial score (nSPS) is 10.6. The van der Waals surface area contributed by atoms with Gasteiger partial charge in [0.25, 0.3) is 5.91 Å². The van der Waals surface area contributed by atoms with E-state index in [-0.39, 0.29) is 11.4 Å². The van der Waals surface area contributed by atoms with E-state index >= 15 is 0 Å². The van der Waals surface area contributed by atoms with Gasteiger partial charge in [-0.1, -0.05) is 30.3 Å². The minimum atomic E-state index is -0.471. The Bertz CT molecular complexity index is 703. The van der Waals surface area contributed by atoms with Crippen molar-refractivity contribution in [2.45, 2.75) is 6.54 Å². The van der Waals surface area contributed by atoms with Crippen molar-refractivity contribution in [2.24, 2.45) is 0 Å². The second kappa shape index (κ2) is 7.60.